The molecule has 1 aliphatic heterocycles. The Balaban J connectivity index is 0.00000261. The maximum atomic E-state index is 11.9. The third-order valence-corrected chi connectivity index (χ3v) is 4.53. The molecule has 3 rings (SSSR count). The maximum Gasteiger partial charge on any atom is 0.358 e. The molecule has 27 heavy (non-hydrogen) atoms. The number of halogens is 1. The highest BCUT2D eigenvalue weighted by atomic mass is 35.5. The molecule has 0 unspecified atom stereocenters. The van der Waals surface area contributed by atoms with Crippen molar-refractivity contribution in [3.63, 3.8) is 0 Å². The summed E-state index contributed by atoms with van der Waals surface area (Å²) in [5.41, 5.74) is 1.54. The average molecular weight is 396 g/mol. The summed E-state index contributed by atoms with van der Waals surface area (Å²) in [4.78, 5) is 16.6. The van der Waals surface area contributed by atoms with Crippen LogP contribution in [-0.2, 0) is 11.3 Å². The van der Waals surface area contributed by atoms with Crippen LogP contribution in [0.1, 0.15) is 17.4 Å². The second-order valence-electron chi connectivity index (χ2n) is 6.06. The third-order valence-electron chi connectivity index (χ3n) is 4.53. The molecule has 148 valence electrons. The van der Waals surface area contributed by atoms with E-state index in [0.717, 1.165) is 44.2 Å². The van der Waals surface area contributed by atoms with Gasteiger partial charge in [0.25, 0.3) is 0 Å². The van der Waals surface area contributed by atoms with E-state index in [0.29, 0.717) is 18.8 Å². The lowest BCUT2D eigenvalue weighted by molar-refractivity contribution is 0.0510. The van der Waals surface area contributed by atoms with Gasteiger partial charge in [0.2, 0.25) is 0 Å². The van der Waals surface area contributed by atoms with Crippen LogP contribution >= 0.6 is 12.4 Å². The SMILES string of the molecule is CCOC(=O)c1cnnn1CCN1CCN(c2ccccc2OC)CC1.Cl. The molecule has 0 bridgehead atoms. The van der Waals surface area contributed by atoms with Gasteiger partial charge in [0.1, 0.15) is 5.75 Å². The first-order valence-electron chi connectivity index (χ1n) is 8.89. The number of methoxy groups -OCH3 is 1. The van der Waals surface area contributed by atoms with E-state index in [1.165, 1.54) is 6.20 Å². The van der Waals surface area contributed by atoms with Crippen LogP contribution in [0.4, 0.5) is 5.69 Å². The number of esters is 1. The number of anilines is 1. The number of carbonyl (C=O) groups is 1. The van der Waals surface area contributed by atoms with Gasteiger partial charge in [-0.2, -0.15) is 0 Å². The van der Waals surface area contributed by atoms with Gasteiger partial charge < -0.3 is 14.4 Å². The molecular formula is C18H26ClN5O3. The molecular weight excluding hydrogens is 370 g/mol. The number of hydrogen-bond acceptors (Lipinski definition) is 7. The molecule has 9 heteroatoms. The van der Waals surface area contributed by atoms with Gasteiger partial charge in [-0.05, 0) is 19.1 Å². The quantitative estimate of drug-likeness (QED) is 0.661. The van der Waals surface area contributed by atoms with Crippen molar-refractivity contribution in [2.45, 2.75) is 13.5 Å². The molecule has 1 fully saturated rings. The summed E-state index contributed by atoms with van der Waals surface area (Å²) in [5.74, 6) is 0.529. The summed E-state index contributed by atoms with van der Waals surface area (Å²) < 4.78 is 12.1. The van der Waals surface area contributed by atoms with Crippen LogP contribution < -0.4 is 9.64 Å². The highest BCUT2D eigenvalue weighted by Crippen LogP contribution is 2.28. The van der Waals surface area contributed by atoms with E-state index < -0.39 is 0 Å². The van der Waals surface area contributed by atoms with Gasteiger partial charge in [0.15, 0.2) is 5.69 Å². The molecule has 0 radical (unpaired) electrons. The molecule has 0 N–H and O–H groups in total. The van der Waals surface area contributed by atoms with E-state index in [9.17, 15) is 4.79 Å². The summed E-state index contributed by atoms with van der Waals surface area (Å²) >= 11 is 0. The predicted molar refractivity (Wildman–Crippen MR) is 105 cm³/mol. The summed E-state index contributed by atoms with van der Waals surface area (Å²) in [5, 5.41) is 7.83. The standard InChI is InChI=1S/C18H25N5O3.ClH/c1-3-26-18(24)16-14-19-20-23(16)13-10-21-8-11-22(12-9-21)15-6-4-5-7-17(15)25-2;/h4-7,14H,3,8-13H2,1-2H3;1H. The minimum absolute atomic E-state index is 0. The number of ether oxygens (including phenoxy) is 2. The van der Waals surface area contributed by atoms with Crippen molar-refractivity contribution in [3.8, 4) is 5.75 Å². The lowest BCUT2D eigenvalue weighted by Gasteiger charge is -2.36. The fraction of sp³-hybridized carbons (Fsp3) is 0.500. The van der Waals surface area contributed by atoms with Gasteiger partial charge in [-0.25, -0.2) is 9.48 Å². The number of carbonyl (C=O) groups excluding carboxylic acids is 1. The highest BCUT2D eigenvalue weighted by molar-refractivity contribution is 5.87. The van der Waals surface area contributed by atoms with E-state index in [2.05, 4.69) is 26.2 Å². The second-order valence-corrected chi connectivity index (χ2v) is 6.06. The fourth-order valence-electron chi connectivity index (χ4n) is 3.13. The zero-order chi connectivity index (χ0) is 18.4. The van der Waals surface area contributed by atoms with Gasteiger partial charge in [0.05, 0.1) is 32.1 Å². The van der Waals surface area contributed by atoms with Crippen LogP contribution in [0.2, 0.25) is 0 Å². The van der Waals surface area contributed by atoms with Gasteiger partial charge >= 0.3 is 5.97 Å². The number of benzene rings is 1. The molecule has 0 aliphatic carbocycles. The highest BCUT2D eigenvalue weighted by Gasteiger charge is 2.20. The molecule has 2 heterocycles. The predicted octanol–water partition coefficient (Wildman–Crippen LogP) is 1.71. The van der Waals surface area contributed by atoms with E-state index in [-0.39, 0.29) is 18.4 Å². The lowest BCUT2D eigenvalue weighted by atomic mass is 10.2. The lowest BCUT2D eigenvalue weighted by Crippen LogP contribution is -2.47. The molecule has 8 nitrogen and oxygen atoms in total. The van der Waals surface area contributed by atoms with Crippen molar-refractivity contribution in [2.24, 2.45) is 0 Å². The van der Waals surface area contributed by atoms with E-state index in [1.54, 1.807) is 18.7 Å². The number of hydrogen-bond donors (Lipinski definition) is 0. The van der Waals surface area contributed by atoms with Crippen molar-refractivity contribution < 1.29 is 14.3 Å². The van der Waals surface area contributed by atoms with Gasteiger partial charge in [-0.15, -0.1) is 17.5 Å². The molecule has 1 aliphatic rings. The van der Waals surface area contributed by atoms with Crippen LogP contribution in [0, 0.1) is 0 Å². The monoisotopic (exact) mass is 395 g/mol. The van der Waals surface area contributed by atoms with Crippen LogP contribution in [0.5, 0.6) is 5.75 Å². The number of aromatic nitrogens is 3. The molecule has 1 saturated heterocycles. The Morgan fingerprint density at radius 3 is 2.59 bits per heavy atom. The Morgan fingerprint density at radius 2 is 1.89 bits per heavy atom. The Labute approximate surface area is 165 Å². The smallest absolute Gasteiger partial charge is 0.358 e. The molecule has 0 atom stereocenters. The molecule has 0 amide bonds. The summed E-state index contributed by atoms with van der Waals surface area (Å²) in [7, 11) is 1.70. The Kier molecular flexibility index (Phi) is 7.87. The van der Waals surface area contributed by atoms with Crippen molar-refractivity contribution in [3.05, 3.63) is 36.2 Å². The molecule has 2 aromatic rings. The zero-order valence-corrected chi connectivity index (χ0v) is 16.5. The maximum absolute atomic E-state index is 11.9. The van der Waals surface area contributed by atoms with Crippen LogP contribution in [0.3, 0.4) is 0 Å². The third kappa shape index (κ3) is 5.11. The van der Waals surface area contributed by atoms with Gasteiger partial charge in [-0.1, -0.05) is 17.3 Å². The number of rotatable bonds is 7. The fourth-order valence-corrected chi connectivity index (χ4v) is 3.13. The minimum Gasteiger partial charge on any atom is -0.495 e. The minimum atomic E-state index is -0.376. The topological polar surface area (TPSA) is 72.7 Å². The largest absolute Gasteiger partial charge is 0.495 e. The number of piperazine rings is 1. The van der Waals surface area contributed by atoms with Crippen LogP contribution in [-0.4, -0.2) is 72.3 Å². The Bertz CT molecular complexity index is 731. The normalized spacial score (nSPS) is 14.5. The first-order chi connectivity index (χ1) is 12.7. The van der Waals surface area contributed by atoms with Crippen LogP contribution in [0.15, 0.2) is 30.5 Å². The molecule has 0 spiro atoms. The van der Waals surface area contributed by atoms with Gasteiger partial charge in [0, 0.05) is 32.7 Å². The van der Waals surface area contributed by atoms with E-state index in [1.807, 2.05) is 18.2 Å². The molecule has 1 aromatic carbocycles. The number of nitrogens with zero attached hydrogens (tertiary/aromatic N) is 5. The van der Waals surface area contributed by atoms with Crippen LogP contribution in [0.25, 0.3) is 0 Å². The summed E-state index contributed by atoms with van der Waals surface area (Å²) in [6, 6.07) is 8.10. The Morgan fingerprint density at radius 1 is 1.15 bits per heavy atom. The molecule has 0 saturated carbocycles. The summed E-state index contributed by atoms with van der Waals surface area (Å²) in [6.07, 6.45) is 1.46. The first-order valence-corrected chi connectivity index (χ1v) is 8.89. The van der Waals surface area contributed by atoms with E-state index >= 15 is 0 Å². The first kappa shape index (κ1) is 21.0. The van der Waals surface area contributed by atoms with E-state index in [4.69, 9.17) is 9.47 Å². The van der Waals surface area contributed by atoms with Crippen molar-refractivity contribution in [1.82, 2.24) is 19.9 Å². The second kappa shape index (κ2) is 10.1. The molecule has 1 aromatic heterocycles. The number of para-hydroxylation sites is 2. The van der Waals surface area contributed by atoms with Crippen molar-refractivity contribution >= 4 is 24.1 Å². The average Bonchev–Trinajstić information content (AvgIpc) is 3.16. The van der Waals surface area contributed by atoms with Crippen molar-refractivity contribution in [2.75, 3.05) is 51.3 Å². The Hall–Kier alpha value is -2.32. The van der Waals surface area contributed by atoms with Crippen molar-refractivity contribution in [1.29, 1.82) is 0 Å². The zero-order valence-electron chi connectivity index (χ0n) is 15.7. The van der Waals surface area contributed by atoms with Gasteiger partial charge in [-0.3, -0.25) is 4.90 Å². The summed E-state index contributed by atoms with van der Waals surface area (Å²) in [6.45, 7) is 7.31.